The molecule has 0 aromatic heterocycles. The third-order valence-corrected chi connectivity index (χ3v) is 1.68. The predicted octanol–water partition coefficient (Wildman–Crippen LogP) is 2.22. The minimum absolute atomic E-state index is 0.163. The van der Waals surface area contributed by atoms with E-state index in [1.54, 1.807) is 12.1 Å². The number of phenols is 1. The number of rotatable bonds is 1. The van der Waals surface area contributed by atoms with Gasteiger partial charge in [0.15, 0.2) is 0 Å². The van der Waals surface area contributed by atoms with Crippen LogP contribution >= 0.6 is 11.6 Å². The van der Waals surface area contributed by atoms with Gasteiger partial charge in [-0.3, -0.25) is 0 Å². The number of benzene rings is 1. The van der Waals surface area contributed by atoms with Crippen molar-refractivity contribution >= 4 is 11.6 Å². The third-order valence-electron chi connectivity index (χ3n) is 1.33. The van der Waals surface area contributed by atoms with E-state index >= 15 is 0 Å². The Labute approximate surface area is 70.6 Å². The summed E-state index contributed by atoms with van der Waals surface area (Å²) in [5.74, 6) is 2.64. The maximum atomic E-state index is 8.97. The van der Waals surface area contributed by atoms with Crippen LogP contribution in [0.15, 0.2) is 18.2 Å². The molecule has 0 saturated heterocycles. The summed E-state index contributed by atoms with van der Waals surface area (Å²) in [6.07, 6.45) is 5.60. The van der Waals surface area contributed by atoms with Gasteiger partial charge in [-0.25, -0.2) is 0 Å². The molecule has 1 aromatic rings. The summed E-state index contributed by atoms with van der Waals surface area (Å²) in [5, 5.41) is 9.49. The second-order valence-corrected chi connectivity index (χ2v) is 2.56. The lowest BCUT2D eigenvalue weighted by Crippen LogP contribution is -1.81. The minimum atomic E-state index is 0.163. The molecule has 0 radical (unpaired) electrons. The molecule has 0 spiro atoms. The summed E-state index contributed by atoms with van der Waals surface area (Å²) in [4.78, 5) is 0. The molecule has 0 fully saturated rings. The smallest absolute Gasteiger partial charge is 0.117 e. The van der Waals surface area contributed by atoms with Gasteiger partial charge in [-0.1, -0.05) is 17.7 Å². The Bertz CT molecular complexity index is 299. The molecule has 0 unspecified atom stereocenters. The quantitative estimate of drug-likeness (QED) is 0.635. The zero-order chi connectivity index (χ0) is 8.27. The topological polar surface area (TPSA) is 20.2 Å². The average Bonchev–Trinajstić information content (AvgIpc) is 1.95. The molecular weight excluding hydrogens is 160 g/mol. The van der Waals surface area contributed by atoms with Crippen LogP contribution in [0, 0.1) is 12.3 Å². The molecule has 0 bridgehead atoms. The fourth-order valence-electron chi connectivity index (χ4n) is 0.790. The van der Waals surface area contributed by atoms with E-state index in [1.165, 1.54) is 6.07 Å². The summed E-state index contributed by atoms with van der Waals surface area (Å²) < 4.78 is 0. The molecule has 0 aliphatic heterocycles. The summed E-state index contributed by atoms with van der Waals surface area (Å²) in [6.45, 7) is 0. The van der Waals surface area contributed by atoms with E-state index in [9.17, 15) is 0 Å². The summed E-state index contributed by atoms with van der Waals surface area (Å²) >= 11 is 5.75. The van der Waals surface area contributed by atoms with Gasteiger partial charge in [-0.2, -0.15) is 0 Å². The van der Waals surface area contributed by atoms with Gasteiger partial charge in [0.2, 0.25) is 0 Å². The second-order valence-electron chi connectivity index (χ2n) is 2.16. The number of phenolic OH excluding ortho intramolecular Hbond substituents is 1. The highest BCUT2D eigenvalue weighted by atomic mass is 35.5. The lowest BCUT2D eigenvalue weighted by molar-refractivity contribution is 0.475. The first-order valence-corrected chi connectivity index (χ1v) is 3.52. The van der Waals surface area contributed by atoms with Gasteiger partial charge >= 0.3 is 0 Å². The van der Waals surface area contributed by atoms with Crippen LogP contribution in [-0.4, -0.2) is 5.11 Å². The van der Waals surface area contributed by atoms with Crippen LogP contribution in [0.2, 0.25) is 5.02 Å². The Hall–Kier alpha value is -1.13. The van der Waals surface area contributed by atoms with Crippen molar-refractivity contribution in [2.45, 2.75) is 6.42 Å². The molecule has 11 heavy (non-hydrogen) atoms. The van der Waals surface area contributed by atoms with Crippen LogP contribution < -0.4 is 0 Å². The SMILES string of the molecule is C#CCc1ccc(O)cc1Cl. The standard InChI is InChI=1S/C9H7ClO/c1-2-3-7-4-5-8(11)6-9(7)10/h1,4-6,11H,3H2. The molecule has 56 valence electrons. The Kier molecular flexibility index (Phi) is 2.40. The van der Waals surface area contributed by atoms with Crippen molar-refractivity contribution in [3.8, 4) is 18.1 Å². The molecule has 0 heterocycles. The van der Waals surface area contributed by atoms with Crippen molar-refractivity contribution in [3.05, 3.63) is 28.8 Å². The Morgan fingerprint density at radius 1 is 1.55 bits per heavy atom. The monoisotopic (exact) mass is 166 g/mol. The summed E-state index contributed by atoms with van der Waals surface area (Å²) in [7, 11) is 0. The number of terminal acetylenes is 1. The van der Waals surface area contributed by atoms with Crippen LogP contribution in [0.25, 0.3) is 0 Å². The molecule has 1 rings (SSSR count). The van der Waals surface area contributed by atoms with Gasteiger partial charge in [0.1, 0.15) is 5.75 Å². The highest BCUT2D eigenvalue weighted by molar-refractivity contribution is 6.31. The first-order valence-electron chi connectivity index (χ1n) is 3.15. The highest BCUT2D eigenvalue weighted by Crippen LogP contribution is 2.21. The van der Waals surface area contributed by atoms with Gasteiger partial charge in [-0.05, 0) is 17.7 Å². The fraction of sp³-hybridized carbons (Fsp3) is 0.111. The van der Waals surface area contributed by atoms with Gasteiger partial charge in [0, 0.05) is 11.4 Å². The maximum absolute atomic E-state index is 8.97. The molecule has 0 aliphatic carbocycles. The molecule has 0 saturated carbocycles. The number of hydrogen-bond donors (Lipinski definition) is 1. The van der Waals surface area contributed by atoms with Gasteiger partial charge in [0.25, 0.3) is 0 Å². The van der Waals surface area contributed by atoms with Crippen LogP contribution in [0.3, 0.4) is 0 Å². The number of aromatic hydroxyl groups is 1. The fourth-order valence-corrected chi connectivity index (χ4v) is 1.03. The largest absolute Gasteiger partial charge is 0.508 e. The van der Waals surface area contributed by atoms with Crippen molar-refractivity contribution in [3.63, 3.8) is 0 Å². The first-order chi connectivity index (χ1) is 5.24. The zero-order valence-electron chi connectivity index (χ0n) is 5.84. The average molecular weight is 167 g/mol. The van der Waals surface area contributed by atoms with Crippen LogP contribution in [0.5, 0.6) is 5.75 Å². The Morgan fingerprint density at radius 2 is 2.27 bits per heavy atom. The Morgan fingerprint density at radius 3 is 2.82 bits per heavy atom. The molecule has 0 amide bonds. The van der Waals surface area contributed by atoms with Gasteiger partial charge < -0.3 is 5.11 Å². The van der Waals surface area contributed by atoms with E-state index in [1.807, 2.05) is 0 Å². The van der Waals surface area contributed by atoms with E-state index in [2.05, 4.69) is 5.92 Å². The molecule has 0 aliphatic rings. The second kappa shape index (κ2) is 3.32. The van der Waals surface area contributed by atoms with Crippen molar-refractivity contribution in [2.75, 3.05) is 0 Å². The van der Waals surface area contributed by atoms with Crippen molar-refractivity contribution in [1.82, 2.24) is 0 Å². The van der Waals surface area contributed by atoms with Crippen LogP contribution in [-0.2, 0) is 6.42 Å². The zero-order valence-corrected chi connectivity index (χ0v) is 6.60. The summed E-state index contributed by atoms with van der Waals surface area (Å²) in [6, 6.07) is 4.77. The van der Waals surface area contributed by atoms with Gasteiger partial charge in [0.05, 0.1) is 0 Å². The molecule has 1 aromatic carbocycles. The lowest BCUT2D eigenvalue weighted by Gasteiger charge is -1.98. The van der Waals surface area contributed by atoms with E-state index in [-0.39, 0.29) is 5.75 Å². The predicted molar refractivity (Wildman–Crippen MR) is 45.7 cm³/mol. The Balaban J connectivity index is 3.01. The van der Waals surface area contributed by atoms with Crippen molar-refractivity contribution in [1.29, 1.82) is 0 Å². The third kappa shape index (κ3) is 1.89. The van der Waals surface area contributed by atoms with Crippen LogP contribution in [0.1, 0.15) is 5.56 Å². The molecule has 0 atom stereocenters. The molecule has 1 N–H and O–H groups in total. The lowest BCUT2D eigenvalue weighted by atomic mass is 10.1. The summed E-state index contributed by atoms with van der Waals surface area (Å²) in [5.41, 5.74) is 0.868. The van der Waals surface area contributed by atoms with E-state index in [4.69, 9.17) is 23.1 Å². The maximum Gasteiger partial charge on any atom is 0.117 e. The molecular formula is C9H7ClO. The van der Waals surface area contributed by atoms with Gasteiger partial charge in [-0.15, -0.1) is 12.3 Å². The molecule has 1 nitrogen and oxygen atoms in total. The highest BCUT2D eigenvalue weighted by Gasteiger charge is 1.98. The number of hydrogen-bond acceptors (Lipinski definition) is 1. The minimum Gasteiger partial charge on any atom is -0.508 e. The number of halogens is 1. The van der Waals surface area contributed by atoms with E-state index in [0.29, 0.717) is 11.4 Å². The normalized spacial score (nSPS) is 9.09. The van der Waals surface area contributed by atoms with Crippen LogP contribution in [0.4, 0.5) is 0 Å². The van der Waals surface area contributed by atoms with Crippen molar-refractivity contribution < 1.29 is 5.11 Å². The van der Waals surface area contributed by atoms with Crippen molar-refractivity contribution in [2.24, 2.45) is 0 Å². The first kappa shape index (κ1) is 7.97. The van der Waals surface area contributed by atoms with E-state index < -0.39 is 0 Å². The molecule has 2 heteroatoms. The van der Waals surface area contributed by atoms with E-state index in [0.717, 1.165) is 5.56 Å².